The summed E-state index contributed by atoms with van der Waals surface area (Å²) in [4.78, 5) is 82.7. The molecule has 0 aliphatic rings. The van der Waals surface area contributed by atoms with Crippen LogP contribution in [-0.4, -0.2) is 87.7 Å². The predicted octanol–water partition coefficient (Wildman–Crippen LogP) is -5.62. The zero-order valence-corrected chi connectivity index (χ0v) is 16.3. The summed E-state index contributed by atoms with van der Waals surface area (Å²) in [6, 6.07) is 0. The standard InChI is InChI=1S/C15H25N7O8/c1-2-17-11(25)4-19-13(27)6-21-15(29)8-30-22-14(28)7-20-12(26)5-18-10(24)3-16-9-23/h9H,2-8H2,1H3,(H,16,23)(H,17,25)(H,18,24)(H,19,27)(H,20,26)(H,21,29)(H,22,28). The molecule has 0 bridgehead atoms. The molecule has 0 fully saturated rings. The summed E-state index contributed by atoms with van der Waals surface area (Å²) in [6.45, 7) is -0.228. The van der Waals surface area contributed by atoms with Gasteiger partial charge in [0.1, 0.15) is 0 Å². The van der Waals surface area contributed by atoms with E-state index >= 15 is 0 Å². The van der Waals surface area contributed by atoms with Gasteiger partial charge in [0.15, 0.2) is 6.61 Å². The second-order valence-corrected chi connectivity index (χ2v) is 5.37. The molecular formula is C15H25N7O8. The van der Waals surface area contributed by atoms with Crippen molar-refractivity contribution < 1.29 is 38.4 Å². The second kappa shape index (κ2) is 16.2. The highest BCUT2D eigenvalue weighted by Crippen LogP contribution is 1.74. The van der Waals surface area contributed by atoms with Crippen LogP contribution >= 0.6 is 0 Å². The summed E-state index contributed by atoms with van der Waals surface area (Å²) < 4.78 is 0. The molecule has 168 valence electrons. The lowest BCUT2D eigenvalue weighted by Crippen LogP contribution is -2.44. The molecular weight excluding hydrogens is 406 g/mol. The van der Waals surface area contributed by atoms with E-state index in [1.807, 2.05) is 5.48 Å². The summed E-state index contributed by atoms with van der Waals surface area (Å²) >= 11 is 0. The van der Waals surface area contributed by atoms with Gasteiger partial charge in [-0.3, -0.25) is 38.4 Å². The fourth-order valence-electron chi connectivity index (χ4n) is 1.57. The van der Waals surface area contributed by atoms with Crippen molar-refractivity contribution in [1.29, 1.82) is 0 Å². The van der Waals surface area contributed by atoms with Gasteiger partial charge in [-0.15, -0.1) is 0 Å². The number of likely N-dealkylation sites (N-methyl/N-ethyl adjacent to an activating group) is 1. The van der Waals surface area contributed by atoms with Gasteiger partial charge in [0.2, 0.25) is 35.9 Å². The number of hydrogen-bond acceptors (Lipinski definition) is 8. The van der Waals surface area contributed by atoms with Crippen LogP contribution in [0.1, 0.15) is 6.92 Å². The van der Waals surface area contributed by atoms with E-state index in [1.54, 1.807) is 6.92 Å². The van der Waals surface area contributed by atoms with Gasteiger partial charge >= 0.3 is 0 Å². The first-order chi connectivity index (χ1) is 14.3. The van der Waals surface area contributed by atoms with Crippen LogP contribution in [0.3, 0.4) is 0 Å². The minimum Gasteiger partial charge on any atom is -0.355 e. The lowest BCUT2D eigenvalue weighted by atomic mass is 10.5. The first-order valence-electron chi connectivity index (χ1n) is 8.69. The predicted molar refractivity (Wildman–Crippen MR) is 98.9 cm³/mol. The lowest BCUT2D eigenvalue weighted by molar-refractivity contribution is -0.140. The van der Waals surface area contributed by atoms with Gasteiger partial charge < -0.3 is 31.9 Å². The highest BCUT2D eigenvalue weighted by Gasteiger charge is 2.10. The van der Waals surface area contributed by atoms with Crippen LogP contribution in [0, 0.1) is 0 Å². The summed E-state index contributed by atoms with van der Waals surface area (Å²) in [5.41, 5.74) is 1.90. The van der Waals surface area contributed by atoms with Crippen molar-refractivity contribution in [2.24, 2.45) is 0 Å². The average Bonchev–Trinajstić information content (AvgIpc) is 2.71. The first kappa shape index (κ1) is 26.2. The van der Waals surface area contributed by atoms with Crippen molar-refractivity contribution in [3.05, 3.63) is 0 Å². The molecule has 0 aliphatic carbocycles. The molecule has 0 aromatic rings. The normalized spacial score (nSPS) is 9.50. The third-order valence-corrected chi connectivity index (χ3v) is 2.89. The SMILES string of the molecule is CCNC(=O)CNC(=O)CNC(=O)CONC(=O)CNC(=O)CNC(=O)CNC=O. The Morgan fingerprint density at radius 1 is 0.633 bits per heavy atom. The van der Waals surface area contributed by atoms with E-state index < -0.39 is 49.2 Å². The van der Waals surface area contributed by atoms with Gasteiger partial charge in [-0.25, -0.2) is 5.48 Å². The Bertz CT molecular complexity index is 640. The molecule has 0 aromatic carbocycles. The molecule has 30 heavy (non-hydrogen) atoms. The third kappa shape index (κ3) is 15.3. The molecule has 0 rings (SSSR count). The van der Waals surface area contributed by atoms with Crippen molar-refractivity contribution in [2.45, 2.75) is 6.92 Å². The molecule has 0 unspecified atom stereocenters. The molecule has 0 aromatic heterocycles. The monoisotopic (exact) mass is 431 g/mol. The molecule has 0 saturated heterocycles. The molecule has 0 spiro atoms. The largest absolute Gasteiger partial charge is 0.355 e. The third-order valence-electron chi connectivity index (χ3n) is 2.89. The molecule has 15 heteroatoms. The van der Waals surface area contributed by atoms with E-state index in [2.05, 4.69) is 36.7 Å². The van der Waals surface area contributed by atoms with Crippen molar-refractivity contribution in [3.63, 3.8) is 0 Å². The maximum atomic E-state index is 11.5. The zero-order chi connectivity index (χ0) is 22.8. The van der Waals surface area contributed by atoms with Crippen LogP contribution in [0.15, 0.2) is 0 Å². The highest BCUT2D eigenvalue weighted by molar-refractivity contribution is 5.89. The first-order valence-corrected chi connectivity index (χ1v) is 8.69. The van der Waals surface area contributed by atoms with Crippen LogP contribution < -0.4 is 37.4 Å². The maximum Gasteiger partial charge on any atom is 0.262 e. The number of amides is 7. The maximum absolute atomic E-state index is 11.5. The fraction of sp³-hybridized carbons (Fsp3) is 0.533. The van der Waals surface area contributed by atoms with Crippen LogP contribution in [0.5, 0.6) is 0 Å². The van der Waals surface area contributed by atoms with Gasteiger partial charge in [0.05, 0.1) is 32.7 Å². The van der Waals surface area contributed by atoms with Crippen LogP contribution in [0.25, 0.3) is 0 Å². The van der Waals surface area contributed by atoms with Crippen LogP contribution in [0.2, 0.25) is 0 Å². The number of hydroxylamine groups is 1. The van der Waals surface area contributed by atoms with Gasteiger partial charge in [-0.2, -0.15) is 0 Å². The van der Waals surface area contributed by atoms with E-state index in [0.29, 0.717) is 13.0 Å². The summed E-state index contributed by atoms with van der Waals surface area (Å²) in [7, 11) is 0. The van der Waals surface area contributed by atoms with Gasteiger partial charge in [0.25, 0.3) is 5.91 Å². The Balaban J connectivity index is 3.79. The molecule has 0 aliphatic heterocycles. The highest BCUT2D eigenvalue weighted by atomic mass is 16.7. The van der Waals surface area contributed by atoms with E-state index in [-0.39, 0.29) is 25.5 Å². The molecule has 0 heterocycles. The van der Waals surface area contributed by atoms with Crippen molar-refractivity contribution in [2.75, 3.05) is 45.9 Å². The van der Waals surface area contributed by atoms with Crippen LogP contribution in [0.4, 0.5) is 0 Å². The molecule has 15 nitrogen and oxygen atoms in total. The average molecular weight is 431 g/mol. The van der Waals surface area contributed by atoms with Crippen molar-refractivity contribution in [1.82, 2.24) is 37.4 Å². The summed E-state index contributed by atoms with van der Waals surface area (Å²) in [5.74, 6) is -3.69. The Morgan fingerprint density at radius 3 is 1.57 bits per heavy atom. The van der Waals surface area contributed by atoms with Crippen molar-refractivity contribution in [3.8, 4) is 0 Å². The van der Waals surface area contributed by atoms with E-state index in [4.69, 9.17) is 0 Å². The summed E-state index contributed by atoms with van der Waals surface area (Å²) in [6.07, 6.45) is 0.327. The molecule has 7 N–H and O–H groups in total. The minimum atomic E-state index is -0.773. The fourth-order valence-corrected chi connectivity index (χ4v) is 1.57. The number of carbonyl (C=O) groups excluding carboxylic acids is 7. The molecule has 0 radical (unpaired) electrons. The van der Waals surface area contributed by atoms with E-state index in [0.717, 1.165) is 0 Å². The Labute approximate surface area is 171 Å². The molecule has 0 saturated carbocycles. The Morgan fingerprint density at radius 2 is 1.07 bits per heavy atom. The number of carbonyl (C=O) groups is 7. The van der Waals surface area contributed by atoms with Gasteiger partial charge in [-0.1, -0.05) is 0 Å². The number of rotatable bonds is 15. The molecule has 7 amide bonds. The van der Waals surface area contributed by atoms with Crippen molar-refractivity contribution >= 4 is 41.9 Å². The topological polar surface area (TPSA) is 213 Å². The minimum absolute atomic E-state index is 0.222. The van der Waals surface area contributed by atoms with Gasteiger partial charge in [0, 0.05) is 6.54 Å². The van der Waals surface area contributed by atoms with E-state index in [9.17, 15) is 33.6 Å². The van der Waals surface area contributed by atoms with Gasteiger partial charge in [-0.05, 0) is 6.92 Å². The summed E-state index contributed by atoms with van der Waals surface area (Å²) in [5, 5.41) is 13.5. The molecule has 0 atom stereocenters. The Kier molecular flexibility index (Phi) is 14.2. The Hall–Kier alpha value is -3.75. The second-order valence-electron chi connectivity index (χ2n) is 5.37. The number of hydrogen-bond donors (Lipinski definition) is 7. The quantitative estimate of drug-likeness (QED) is 0.0978. The lowest BCUT2D eigenvalue weighted by Gasteiger charge is -2.09. The number of nitrogens with one attached hydrogen (secondary N) is 7. The smallest absolute Gasteiger partial charge is 0.262 e. The zero-order valence-electron chi connectivity index (χ0n) is 16.3. The van der Waals surface area contributed by atoms with E-state index in [1.165, 1.54) is 0 Å². The van der Waals surface area contributed by atoms with Crippen LogP contribution in [-0.2, 0) is 38.4 Å².